The number of halogens is 1. The number of aryl methyl sites for hydroxylation is 1. The number of esters is 1. The predicted octanol–water partition coefficient (Wildman–Crippen LogP) is 5.39. The van der Waals surface area contributed by atoms with E-state index < -0.39 is 12.0 Å². The minimum absolute atomic E-state index is 0.162. The van der Waals surface area contributed by atoms with Crippen LogP contribution in [0.2, 0.25) is 5.02 Å². The molecule has 5 nitrogen and oxygen atoms in total. The SMILES string of the molecule is O=C1NC(CCc2cccc(Cl)c2)=C(C(=O)OCc2ccccc2)C(c2ccsc2)N1. The fourth-order valence-corrected chi connectivity index (χ4v) is 4.41. The standard InChI is InChI=1S/C24H21ClN2O3S/c25-19-8-4-7-16(13-19)9-10-20-21(23(28)30-14-17-5-2-1-3-6-17)22(27-24(29)26-20)18-11-12-31-15-18/h1-8,11-13,15,22H,9-10,14H2,(H2,26,27,29). The number of benzene rings is 2. The van der Waals surface area contributed by atoms with Crippen molar-refractivity contribution < 1.29 is 14.3 Å². The van der Waals surface area contributed by atoms with Crippen molar-refractivity contribution in [2.24, 2.45) is 0 Å². The highest BCUT2D eigenvalue weighted by Crippen LogP contribution is 2.31. The highest BCUT2D eigenvalue weighted by Gasteiger charge is 2.33. The molecule has 1 aromatic heterocycles. The van der Waals surface area contributed by atoms with Crippen LogP contribution >= 0.6 is 22.9 Å². The molecular formula is C24H21ClN2O3S. The minimum Gasteiger partial charge on any atom is -0.457 e. The molecule has 3 aromatic rings. The maximum atomic E-state index is 13.2. The first-order valence-electron chi connectivity index (χ1n) is 9.88. The van der Waals surface area contributed by atoms with E-state index in [1.165, 1.54) is 11.3 Å². The second kappa shape index (κ2) is 9.81. The van der Waals surface area contributed by atoms with Crippen LogP contribution in [0.25, 0.3) is 0 Å². The summed E-state index contributed by atoms with van der Waals surface area (Å²) in [5.41, 5.74) is 3.77. The zero-order valence-corrected chi connectivity index (χ0v) is 18.2. The Morgan fingerprint density at radius 3 is 2.58 bits per heavy atom. The lowest BCUT2D eigenvalue weighted by atomic mass is 9.94. The van der Waals surface area contributed by atoms with Crippen molar-refractivity contribution in [2.45, 2.75) is 25.5 Å². The van der Waals surface area contributed by atoms with Crippen LogP contribution in [0.5, 0.6) is 0 Å². The number of carbonyl (C=O) groups excluding carboxylic acids is 2. The molecule has 1 atom stereocenters. The lowest BCUT2D eigenvalue weighted by Crippen LogP contribution is -2.46. The fraction of sp³-hybridized carbons (Fsp3) is 0.167. The first kappa shape index (κ1) is 21.2. The molecule has 1 aliphatic rings. The molecule has 2 N–H and O–H groups in total. The van der Waals surface area contributed by atoms with Gasteiger partial charge in [-0.25, -0.2) is 9.59 Å². The van der Waals surface area contributed by atoms with Gasteiger partial charge in [0.2, 0.25) is 0 Å². The molecular weight excluding hydrogens is 432 g/mol. The van der Waals surface area contributed by atoms with E-state index in [9.17, 15) is 9.59 Å². The van der Waals surface area contributed by atoms with E-state index in [0.29, 0.717) is 29.1 Å². The van der Waals surface area contributed by atoms with Crippen molar-refractivity contribution in [3.8, 4) is 0 Å². The van der Waals surface area contributed by atoms with Crippen LogP contribution in [0.3, 0.4) is 0 Å². The molecule has 7 heteroatoms. The first-order chi connectivity index (χ1) is 15.1. The van der Waals surface area contributed by atoms with Crippen LogP contribution in [0, 0.1) is 0 Å². The van der Waals surface area contributed by atoms with Crippen LogP contribution in [0.4, 0.5) is 4.79 Å². The largest absolute Gasteiger partial charge is 0.457 e. The second-order valence-electron chi connectivity index (χ2n) is 7.17. The van der Waals surface area contributed by atoms with E-state index in [2.05, 4.69) is 10.6 Å². The topological polar surface area (TPSA) is 67.4 Å². The molecule has 0 radical (unpaired) electrons. The van der Waals surface area contributed by atoms with Gasteiger partial charge < -0.3 is 15.4 Å². The monoisotopic (exact) mass is 452 g/mol. The Bertz CT molecular complexity index is 1100. The van der Waals surface area contributed by atoms with Gasteiger partial charge in [-0.2, -0.15) is 11.3 Å². The van der Waals surface area contributed by atoms with Crippen LogP contribution in [0.1, 0.15) is 29.2 Å². The Kier molecular flexibility index (Phi) is 6.70. The van der Waals surface area contributed by atoms with Gasteiger partial charge in [-0.15, -0.1) is 0 Å². The van der Waals surface area contributed by atoms with Gasteiger partial charge in [-0.05, 0) is 58.5 Å². The van der Waals surface area contributed by atoms with Crippen molar-refractivity contribution >= 4 is 34.9 Å². The molecule has 158 valence electrons. The number of amides is 2. The number of carbonyl (C=O) groups is 2. The summed E-state index contributed by atoms with van der Waals surface area (Å²) in [6, 6.07) is 18.1. The number of allylic oxidation sites excluding steroid dienone is 1. The van der Waals surface area contributed by atoms with E-state index in [1.54, 1.807) is 0 Å². The third kappa shape index (κ3) is 5.34. The van der Waals surface area contributed by atoms with Crippen molar-refractivity contribution in [3.05, 3.63) is 104 Å². The quantitative estimate of drug-likeness (QED) is 0.472. The molecule has 31 heavy (non-hydrogen) atoms. The van der Waals surface area contributed by atoms with Gasteiger partial charge in [0.05, 0.1) is 11.6 Å². The van der Waals surface area contributed by atoms with E-state index in [-0.39, 0.29) is 12.6 Å². The van der Waals surface area contributed by atoms with Crippen LogP contribution in [-0.2, 0) is 22.6 Å². The molecule has 4 rings (SSSR count). The summed E-state index contributed by atoms with van der Waals surface area (Å²) in [5, 5.41) is 10.2. The molecule has 0 fully saturated rings. The Morgan fingerprint density at radius 1 is 1.03 bits per heavy atom. The summed E-state index contributed by atoms with van der Waals surface area (Å²) in [4.78, 5) is 25.5. The summed E-state index contributed by atoms with van der Waals surface area (Å²) in [6.07, 6.45) is 1.10. The number of ether oxygens (including phenoxy) is 1. The molecule has 2 amide bonds. The normalized spacial score (nSPS) is 15.9. The average Bonchev–Trinajstić information content (AvgIpc) is 3.31. The molecule has 2 heterocycles. The molecule has 0 saturated carbocycles. The highest BCUT2D eigenvalue weighted by atomic mass is 35.5. The number of hydrogen-bond acceptors (Lipinski definition) is 4. The predicted molar refractivity (Wildman–Crippen MR) is 122 cm³/mol. The van der Waals surface area contributed by atoms with Gasteiger partial charge >= 0.3 is 12.0 Å². The minimum atomic E-state index is -0.558. The van der Waals surface area contributed by atoms with Gasteiger partial charge in [0, 0.05) is 10.7 Å². The van der Waals surface area contributed by atoms with Gasteiger partial charge in [-0.3, -0.25) is 0 Å². The van der Waals surface area contributed by atoms with Gasteiger partial charge in [0.25, 0.3) is 0 Å². The van der Waals surface area contributed by atoms with Crippen molar-refractivity contribution in [1.82, 2.24) is 10.6 Å². The van der Waals surface area contributed by atoms with Gasteiger partial charge in [0.1, 0.15) is 6.61 Å². The lowest BCUT2D eigenvalue weighted by molar-refractivity contribution is -0.140. The summed E-state index contributed by atoms with van der Waals surface area (Å²) in [7, 11) is 0. The molecule has 1 unspecified atom stereocenters. The molecule has 2 aromatic carbocycles. The van der Waals surface area contributed by atoms with Crippen LogP contribution in [0.15, 0.2) is 82.7 Å². The smallest absolute Gasteiger partial charge is 0.338 e. The van der Waals surface area contributed by atoms with E-state index in [0.717, 1.165) is 16.7 Å². The maximum absolute atomic E-state index is 13.2. The molecule has 0 bridgehead atoms. The molecule has 0 spiro atoms. The number of hydrogen-bond donors (Lipinski definition) is 2. The highest BCUT2D eigenvalue weighted by molar-refractivity contribution is 7.08. The van der Waals surface area contributed by atoms with Gasteiger partial charge in [0.15, 0.2) is 0 Å². The van der Waals surface area contributed by atoms with Crippen LogP contribution < -0.4 is 10.6 Å². The summed E-state index contributed by atoms with van der Waals surface area (Å²) in [5.74, 6) is -0.450. The summed E-state index contributed by atoms with van der Waals surface area (Å²) in [6.45, 7) is 0.162. The van der Waals surface area contributed by atoms with Crippen molar-refractivity contribution in [1.29, 1.82) is 0 Å². The first-order valence-corrected chi connectivity index (χ1v) is 11.2. The van der Waals surface area contributed by atoms with E-state index in [4.69, 9.17) is 16.3 Å². The Labute approximate surface area is 189 Å². The average molecular weight is 453 g/mol. The number of rotatable bonds is 7. The van der Waals surface area contributed by atoms with Crippen molar-refractivity contribution in [3.63, 3.8) is 0 Å². The third-order valence-corrected chi connectivity index (χ3v) is 5.95. The Morgan fingerprint density at radius 2 is 1.84 bits per heavy atom. The van der Waals surface area contributed by atoms with Crippen LogP contribution in [-0.4, -0.2) is 12.0 Å². The lowest BCUT2D eigenvalue weighted by Gasteiger charge is -2.29. The molecule has 0 saturated heterocycles. The van der Waals surface area contributed by atoms with Gasteiger partial charge in [-0.1, -0.05) is 54.1 Å². The Hall–Kier alpha value is -3.09. The van der Waals surface area contributed by atoms with Crippen molar-refractivity contribution in [2.75, 3.05) is 0 Å². The zero-order chi connectivity index (χ0) is 21.6. The van der Waals surface area contributed by atoms with E-state index >= 15 is 0 Å². The molecule has 1 aliphatic heterocycles. The number of urea groups is 1. The number of thiophene rings is 1. The fourth-order valence-electron chi connectivity index (χ4n) is 3.51. The Balaban J connectivity index is 1.61. The van der Waals surface area contributed by atoms with E-state index in [1.807, 2.05) is 71.4 Å². The second-order valence-corrected chi connectivity index (χ2v) is 8.39. The third-order valence-electron chi connectivity index (χ3n) is 5.02. The maximum Gasteiger partial charge on any atom is 0.338 e. The zero-order valence-electron chi connectivity index (χ0n) is 16.6. The number of nitrogens with one attached hydrogen (secondary N) is 2. The summed E-state index contributed by atoms with van der Waals surface area (Å²) < 4.78 is 5.63. The molecule has 0 aliphatic carbocycles. The summed E-state index contributed by atoms with van der Waals surface area (Å²) >= 11 is 7.60.